The van der Waals surface area contributed by atoms with Gasteiger partial charge in [-0.05, 0) is 48.3 Å². The van der Waals surface area contributed by atoms with Gasteiger partial charge in [0.1, 0.15) is 0 Å². The van der Waals surface area contributed by atoms with Crippen molar-refractivity contribution in [2.45, 2.75) is 30.7 Å². The number of ether oxygens (including phenoxy) is 1. The Bertz CT molecular complexity index is 707. The highest BCUT2D eigenvalue weighted by Crippen LogP contribution is 2.35. The molecule has 3 heterocycles. The normalized spacial score (nSPS) is 16.5. The zero-order valence-electron chi connectivity index (χ0n) is 13.6. The molecule has 4 nitrogen and oxygen atoms in total. The Morgan fingerprint density at radius 1 is 1.21 bits per heavy atom. The molecule has 126 valence electrons. The van der Waals surface area contributed by atoms with E-state index in [9.17, 15) is 5.26 Å². The summed E-state index contributed by atoms with van der Waals surface area (Å²) in [5, 5.41) is 14.0. The fourth-order valence-electron chi connectivity index (χ4n) is 3.11. The second kappa shape index (κ2) is 8.54. The van der Waals surface area contributed by atoms with Crippen LogP contribution in [0, 0.1) is 11.3 Å². The maximum absolute atomic E-state index is 9.24. The van der Waals surface area contributed by atoms with Crippen LogP contribution in [0.3, 0.4) is 0 Å². The molecular formula is C18H21N3OS2. The number of nitrogens with zero attached hydrogens (tertiary/aromatic N) is 2. The number of pyridine rings is 1. The summed E-state index contributed by atoms with van der Waals surface area (Å²) in [4.78, 5) is 5.66. The number of nitrogens with two attached hydrogens (primary N) is 1. The predicted molar refractivity (Wildman–Crippen MR) is 97.0 cm³/mol. The van der Waals surface area contributed by atoms with Crippen molar-refractivity contribution in [3.05, 3.63) is 34.2 Å². The molecule has 6 heteroatoms. The molecule has 0 unspecified atom stereocenters. The van der Waals surface area contributed by atoms with E-state index in [2.05, 4.69) is 22.4 Å². The Hall–Kier alpha value is -1.52. The number of nitriles is 1. The van der Waals surface area contributed by atoms with Crippen molar-refractivity contribution in [2.24, 2.45) is 0 Å². The molecule has 0 spiro atoms. The topological polar surface area (TPSA) is 62.5 Å². The Labute approximate surface area is 152 Å². The second-order valence-corrected chi connectivity index (χ2v) is 7.21. The molecule has 0 amide bonds. The van der Waals surface area contributed by atoms with Gasteiger partial charge in [-0.15, -0.1) is 11.3 Å². The highest BCUT2D eigenvalue weighted by atomic mass is 32.1. The van der Waals surface area contributed by atoms with Gasteiger partial charge in [-0.2, -0.15) is 5.26 Å². The lowest BCUT2D eigenvalue weighted by molar-refractivity contribution is -0.670. The smallest absolute Gasteiger partial charge is 0.0994 e. The van der Waals surface area contributed by atoms with E-state index in [-0.39, 0.29) is 0 Å². The quantitative estimate of drug-likeness (QED) is 0.792. The van der Waals surface area contributed by atoms with E-state index in [0.717, 1.165) is 61.7 Å². The van der Waals surface area contributed by atoms with E-state index in [1.54, 1.807) is 11.3 Å². The number of morpholine rings is 1. The molecule has 0 saturated carbocycles. The molecule has 1 aliphatic carbocycles. The summed E-state index contributed by atoms with van der Waals surface area (Å²) >= 11 is 6.95. The maximum atomic E-state index is 9.24. The number of fused-ring (bicyclic) bond motifs is 1. The first-order valence-electron chi connectivity index (χ1n) is 8.37. The summed E-state index contributed by atoms with van der Waals surface area (Å²) in [6.07, 6.45) is 4.29. The van der Waals surface area contributed by atoms with Gasteiger partial charge in [-0.1, -0.05) is 11.1 Å². The average molecular weight is 360 g/mol. The van der Waals surface area contributed by atoms with Crippen LogP contribution in [0.5, 0.6) is 0 Å². The summed E-state index contributed by atoms with van der Waals surface area (Å²) < 4.78 is 5.04. The number of hydrogen-bond acceptors (Lipinski definition) is 5. The van der Waals surface area contributed by atoms with Gasteiger partial charge in [-0.25, -0.2) is 0 Å². The van der Waals surface area contributed by atoms with Gasteiger partial charge in [0, 0.05) is 0 Å². The Morgan fingerprint density at radius 3 is 2.50 bits per heavy atom. The third-order valence-electron chi connectivity index (χ3n) is 4.28. The van der Waals surface area contributed by atoms with Crippen LogP contribution in [-0.2, 0) is 30.2 Å². The number of quaternary nitrogens is 1. The molecule has 0 radical (unpaired) electrons. The van der Waals surface area contributed by atoms with Crippen molar-refractivity contribution in [1.82, 2.24) is 4.98 Å². The van der Waals surface area contributed by atoms with E-state index in [0.29, 0.717) is 10.6 Å². The molecule has 24 heavy (non-hydrogen) atoms. The van der Waals surface area contributed by atoms with E-state index < -0.39 is 0 Å². The highest BCUT2D eigenvalue weighted by Gasteiger charge is 2.19. The lowest BCUT2D eigenvalue weighted by Crippen LogP contribution is -2.87. The standard InChI is InChI=1S/C14H12N2S2.C4H9NO/c15-8-11-9-4-1-2-5-10(9)13(16-14(11)17)12-6-3-7-18-12;1-3-6-4-2-5-1/h3,6-7H,1-2,4-5H2,(H,16,17);5H,1-4H2. The lowest BCUT2D eigenvalue weighted by atomic mass is 9.88. The molecule has 0 aromatic carbocycles. The molecular weight excluding hydrogens is 338 g/mol. The average Bonchev–Trinajstić information content (AvgIpc) is 3.18. The molecule has 2 N–H and O–H groups in total. The maximum Gasteiger partial charge on any atom is 0.0994 e. The fourth-order valence-corrected chi connectivity index (χ4v) is 4.11. The second-order valence-electron chi connectivity index (χ2n) is 5.87. The van der Waals surface area contributed by atoms with Crippen LogP contribution in [0.1, 0.15) is 29.5 Å². The highest BCUT2D eigenvalue weighted by molar-refractivity contribution is 7.58. The molecule has 2 aromatic rings. The van der Waals surface area contributed by atoms with Crippen LogP contribution >= 0.6 is 11.3 Å². The Morgan fingerprint density at radius 2 is 1.96 bits per heavy atom. The molecule has 1 saturated heterocycles. The van der Waals surface area contributed by atoms with Crippen LogP contribution < -0.4 is 5.32 Å². The van der Waals surface area contributed by atoms with Crippen LogP contribution in [0.4, 0.5) is 0 Å². The van der Waals surface area contributed by atoms with Crippen molar-refractivity contribution in [2.75, 3.05) is 26.3 Å². The van der Waals surface area contributed by atoms with Gasteiger partial charge in [0.05, 0.1) is 48.5 Å². The van der Waals surface area contributed by atoms with Crippen molar-refractivity contribution in [3.63, 3.8) is 0 Å². The number of thiophene rings is 1. The minimum absolute atomic E-state index is 0.460. The first kappa shape index (κ1) is 17.3. The van der Waals surface area contributed by atoms with Gasteiger partial charge in [0.25, 0.3) is 0 Å². The van der Waals surface area contributed by atoms with Gasteiger partial charge in [0.15, 0.2) is 0 Å². The minimum atomic E-state index is 0.460. The first-order chi connectivity index (χ1) is 11.8. The summed E-state index contributed by atoms with van der Waals surface area (Å²) in [5.41, 5.74) is 4.02. The van der Waals surface area contributed by atoms with Gasteiger partial charge >= 0.3 is 0 Å². The summed E-state index contributed by atoms with van der Waals surface area (Å²) in [7, 11) is 0. The van der Waals surface area contributed by atoms with Gasteiger partial charge < -0.3 is 22.7 Å². The Kier molecular flexibility index (Phi) is 6.16. The number of hydrogen-bond donors (Lipinski definition) is 1. The van der Waals surface area contributed by atoms with Crippen LogP contribution in [0.2, 0.25) is 0 Å². The number of rotatable bonds is 1. The molecule has 1 fully saturated rings. The van der Waals surface area contributed by atoms with Crippen molar-refractivity contribution in [3.8, 4) is 16.6 Å². The van der Waals surface area contributed by atoms with Crippen molar-refractivity contribution in [1.29, 1.82) is 5.26 Å². The summed E-state index contributed by atoms with van der Waals surface area (Å²) in [6, 6.07) is 6.33. The summed E-state index contributed by atoms with van der Waals surface area (Å²) in [6.45, 7) is 4.19. The molecule has 2 aliphatic rings. The monoisotopic (exact) mass is 359 g/mol. The van der Waals surface area contributed by atoms with Gasteiger partial charge in [0.2, 0.25) is 0 Å². The molecule has 1 aliphatic heterocycles. The molecule has 0 bridgehead atoms. The first-order valence-corrected chi connectivity index (χ1v) is 9.66. The van der Waals surface area contributed by atoms with Crippen molar-refractivity contribution >= 4 is 24.0 Å². The van der Waals surface area contributed by atoms with Crippen LogP contribution in [0.15, 0.2) is 22.5 Å². The van der Waals surface area contributed by atoms with E-state index >= 15 is 0 Å². The van der Waals surface area contributed by atoms with Crippen molar-refractivity contribution < 1.29 is 10.1 Å². The number of aromatic nitrogens is 1. The van der Waals surface area contributed by atoms with Gasteiger partial charge in [-0.3, -0.25) is 4.98 Å². The molecule has 0 atom stereocenters. The van der Waals surface area contributed by atoms with E-state index in [4.69, 9.17) is 17.4 Å². The predicted octanol–water partition coefficient (Wildman–Crippen LogP) is 2.05. The summed E-state index contributed by atoms with van der Waals surface area (Å²) in [5.74, 6) is 0. The zero-order chi connectivity index (χ0) is 16.8. The fraction of sp³-hybridized carbons (Fsp3) is 0.444. The zero-order valence-corrected chi connectivity index (χ0v) is 15.2. The lowest BCUT2D eigenvalue weighted by Gasteiger charge is -2.23. The van der Waals surface area contributed by atoms with E-state index in [1.807, 2.05) is 11.4 Å². The Balaban J connectivity index is 0.000000238. The minimum Gasteiger partial charge on any atom is -0.759 e. The third-order valence-corrected chi connectivity index (χ3v) is 5.45. The molecule has 2 aromatic heterocycles. The van der Waals surface area contributed by atoms with E-state index in [1.165, 1.54) is 12.0 Å². The largest absolute Gasteiger partial charge is 0.759 e. The SMILES string of the molecule is C1COCC[NH2+]1.N#Cc1c([S-])nc(-c2cccs2)c2c1CCCC2. The van der Waals surface area contributed by atoms with Crippen LogP contribution in [-0.4, -0.2) is 31.3 Å². The third kappa shape index (κ3) is 3.93. The van der Waals surface area contributed by atoms with Crippen LogP contribution in [0.25, 0.3) is 10.6 Å². The molecule has 4 rings (SSSR count).